The van der Waals surface area contributed by atoms with Crippen LogP contribution in [0.4, 0.5) is 0 Å². The van der Waals surface area contributed by atoms with Crippen molar-refractivity contribution in [3.63, 3.8) is 0 Å². The van der Waals surface area contributed by atoms with Gasteiger partial charge in [-0.05, 0) is 19.3 Å². The number of ether oxygens (including phenoxy) is 1. The van der Waals surface area contributed by atoms with Crippen LogP contribution >= 0.6 is 0 Å². The Hall–Kier alpha value is -0.845. The van der Waals surface area contributed by atoms with E-state index >= 15 is 0 Å². The first-order valence-electron chi connectivity index (χ1n) is 7.03. The molecule has 2 aliphatic rings. The molecule has 0 spiro atoms. The van der Waals surface area contributed by atoms with Crippen LogP contribution in [0.5, 0.6) is 0 Å². The standard InChI is InChI=1S/C13H21BN2O3/c1-13(2)9-18-14(19-10-13)11-7-15-16(8-11)12-5-3-4-6-17-12/h7-8,12H,3-6,9-10H2,1-2H3/t12-/m1/s1. The van der Waals surface area contributed by atoms with E-state index in [2.05, 4.69) is 18.9 Å². The quantitative estimate of drug-likeness (QED) is 0.756. The molecule has 3 heterocycles. The SMILES string of the molecule is CC1(C)COB(c2cnn([C@H]3CCCCO3)c2)OC1. The largest absolute Gasteiger partial charge is 0.497 e. The molecule has 1 aromatic heterocycles. The van der Waals surface area contributed by atoms with Crippen molar-refractivity contribution in [2.75, 3.05) is 19.8 Å². The lowest BCUT2D eigenvalue weighted by Crippen LogP contribution is -2.47. The Labute approximate surface area is 114 Å². The van der Waals surface area contributed by atoms with Crippen molar-refractivity contribution in [2.24, 2.45) is 5.41 Å². The van der Waals surface area contributed by atoms with Crippen LogP contribution in [0.2, 0.25) is 0 Å². The highest BCUT2D eigenvalue weighted by Crippen LogP contribution is 2.23. The molecule has 0 radical (unpaired) electrons. The van der Waals surface area contributed by atoms with Gasteiger partial charge in [0.15, 0.2) is 0 Å². The van der Waals surface area contributed by atoms with Gasteiger partial charge in [0, 0.05) is 43.1 Å². The highest BCUT2D eigenvalue weighted by Gasteiger charge is 2.34. The molecule has 6 heteroatoms. The van der Waals surface area contributed by atoms with Gasteiger partial charge in [0.2, 0.25) is 0 Å². The second-order valence-electron chi connectivity index (χ2n) is 6.19. The number of hydrogen-bond acceptors (Lipinski definition) is 4. The minimum Gasteiger partial charge on any atom is -0.407 e. The predicted octanol–water partition coefficient (Wildman–Crippen LogP) is 1.35. The van der Waals surface area contributed by atoms with Crippen molar-refractivity contribution in [3.05, 3.63) is 12.4 Å². The molecular weight excluding hydrogens is 243 g/mol. The number of hydrogen-bond donors (Lipinski definition) is 0. The molecule has 19 heavy (non-hydrogen) atoms. The van der Waals surface area contributed by atoms with Crippen LogP contribution < -0.4 is 5.46 Å². The zero-order valence-corrected chi connectivity index (χ0v) is 11.7. The third kappa shape index (κ3) is 3.01. The predicted molar refractivity (Wildman–Crippen MR) is 72.1 cm³/mol. The van der Waals surface area contributed by atoms with Gasteiger partial charge in [0.05, 0.1) is 0 Å². The number of rotatable bonds is 2. The smallest absolute Gasteiger partial charge is 0.407 e. The Morgan fingerprint density at radius 3 is 2.79 bits per heavy atom. The van der Waals surface area contributed by atoms with E-state index in [4.69, 9.17) is 14.0 Å². The maximum Gasteiger partial charge on any atom is 0.497 e. The lowest BCUT2D eigenvalue weighted by atomic mass is 9.78. The molecule has 5 nitrogen and oxygen atoms in total. The zero-order chi connectivity index (χ0) is 13.3. The molecule has 0 saturated carbocycles. The van der Waals surface area contributed by atoms with E-state index in [9.17, 15) is 0 Å². The van der Waals surface area contributed by atoms with Crippen LogP contribution in [0.25, 0.3) is 0 Å². The van der Waals surface area contributed by atoms with Gasteiger partial charge < -0.3 is 14.0 Å². The minimum atomic E-state index is -0.287. The molecule has 0 aromatic carbocycles. The molecule has 104 valence electrons. The van der Waals surface area contributed by atoms with E-state index in [1.165, 1.54) is 6.42 Å². The van der Waals surface area contributed by atoms with Gasteiger partial charge in [-0.3, -0.25) is 0 Å². The van der Waals surface area contributed by atoms with Crippen molar-refractivity contribution in [1.82, 2.24) is 9.78 Å². The topological polar surface area (TPSA) is 45.5 Å². The van der Waals surface area contributed by atoms with E-state index in [0.29, 0.717) is 13.2 Å². The summed E-state index contributed by atoms with van der Waals surface area (Å²) in [5, 5.41) is 4.38. The van der Waals surface area contributed by atoms with E-state index in [1.54, 1.807) is 0 Å². The van der Waals surface area contributed by atoms with Crippen molar-refractivity contribution in [2.45, 2.75) is 39.3 Å². The molecule has 2 saturated heterocycles. The van der Waals surface area contributed by atoms with Gasteiger partial charge in [-0.1, -0.05) is 13.8 Å². The van der Waals surface area contributed by atoms with Crippen molar-refractivity contribution >= 4 is 12.6 Å². The van der Waals surface area contributed by atoms with Crippen LogP contribution in [0, 0.1) is 5.41 Å². The molecular formula is C13H21BN2O3. The zero-order valence-electron chi connectivity index (χ0n) is 11.7. The van der Waals surface area contributed by atoms with Crippen LogP contribution in [0.3, 0.4) is 0 Å². The van der Waals surface area contributed by atoms with Crippen molar-refractivity contribution < 1.29 is 14.0 Å². The number of aromatic nitrogens is 2. The van der Waals surface area contributed by atoms with Crippen LogP contribution in [-0.2, 0) is 14.0 Å². The van der Waals surface area contributed by atoms with E-state index < -0.39 is 0 Å². The average molecular weight is 264 g/mol. The van der Waals surface area contributed by atoms with Crippen molar-refractivity contribution in [3.8, 4) is 0 Å². The van der Waals surface area contributed by atoms with Gasteiger partial charge in [0.25, 0.3) is 0 Å². The van der Waals surface area contributed by atoms with Gasteiger partial charge >= 0.3 is 7.12 Å². The third-order valence-electron chi connectivity index (χ3n) is 3.60. The Morgan fingerprint density at radius 1 is 1.32 bits per heavy atom. The van der Waals surface area contributed by atoms with Crippen LogP contribution in [0.15, 0.2) is 12.4 Å². The van der Waals surface area contributed by atoms with Gasteiger partial charge in [-0.25, -0.2) is 4.68 Å². The molecule has 0 aliphatic carbocycles. The van der Waals surface area contributed by atoms with Gasteiger partial charge in [-0.2, -0.15) is 5.10 Å². The summed E-state index contributed by atoms with van der Waals surface area (Å²) >= 11 is 0. The summed E-state index contributed by atoms with van der Waals surface area (Å²) in [6.45, 7) is 6.53. The van der Waals surface area contributed by atoms with E-state index in [-0.39, 0.29) is 18.8 Å². The summed E-state index contributed by atoms with van der Waals surface area (Å²) in [7, 11) is -0.287. The summed E-state index contributed by atoms with van der Waals surface area (Å²) in [6.07, 6.45) is 7.25. The highest BCUT2D eigenvalue weighted by atomic mass is 16.6. The maximum absolute atomic E-state index is 5.76. The maximum atomic E-state index is 5.76. The molecule has 0 bridgehead atoms. The highest BCUT2D eigenvalue weighted by molar-refractivity contribution is 6.61. The molecule has 3 rings (SSSR count). The molecule has 1 aromatic rings. The monoisotopic (exact) mass is 264 g/mol. The lowest BCUT2D eigenvalue weighted by Gasteiger charge is -2.32. The molecule has 0 amide bonds. The third-order valence-corrected chi connectivity index (χ3v) is 3.60. The molecule has 2 fully saturated rings. The van der Waals surface area contributed by atoms with Crippen LogP contribution in [-0.4, -0.2) is 36.7 Å². The summed E-state index contributed by atoms with van der Waals surface area (Å²) in [6, 6.07) is 0. The molecule has 0 unspecified atom stereocenters. The molecule has 0 N–H and O–H groups in total. The second kappa shape index (κ2) is 5.27. The normalized spacial score (nSPS) is 27.5. The average Bonchev–Trinajstić information content (AvgIpc) is 2.89. The summed E-state index contributed by atoms with van der Waals surface area (Å²) in [4.78, 5) is 0. The fourth-order valence-electron chi connectivity index (χ4n) is 2.45. The Morgan fingerprint density at radius 2 is 2.11 bits per heavy atom. The summed E-state index contributed by atoms with van der Waals surface area (Å²) in [5.41, 5.74) is 1.07. The fourth-order valence-corrected chi connectivity index (χ4v) is 2.45. The second-order valence-corrected chi connectivity index (χ2v) is 6.19. The van der Waals surface area contributed by atoms with Gasteiger partial charge in [-0.15, -0.1) is 0 Å². The lowest BCUT2D eigenvalue weighted by molar-refractivity contribution is -0.0394. The first kappa shape index (κ1) is 13.2. The van der Waals surface area contributed by atoms with E-state index in [1.807, 2.05) is 17.1 Å². The first-order valence-corrected chi connectivity index (χ1v) is 7.03. The summed E-state index contributed by atoms with van der Waals surface area (Å²) in [5.74, 6) is 0. The van der Waals surface area contributed by atoms with Gasteiger partial charge in [0.1, 0.15) is 6.23 Å². The summed E-state index contributed by atoms with van der Waals surface area (Å²) < 4.78 is 19.1. The Bertz CT molecular complexity index is 419. The first-order chi connectivity index (χ1) is 9.14. The fraction of sp³-hybridized carbons (Fsp3) is 0.769. The Balaban J connectivity index is 1.64. The number of nitrogens with zero attached hydrogens (tertiary/aromatic N) is 2. The molecule has 2 aliphatic heterocycles. The van der Waals surface area contributed by atoms with Crippen LogP contribution in [0.1, 0.15) is 39.3 Å². The van der Waals surface area contributed by atoms with E-state index in [0.717, 1.165) is 24.9 Å². The van der Waals surface area contributed by atoms with Crippen molar-refractivity contribution in [1.29, 1.82) is 0 Å². The minimum absolute atomic E-state index is 0.0718. The molecule has 1 atom stereocenters. The Kier molecular flexibility index (Phi) is 3.65.